The predicted octanol–water partition coefficient (Wildman–Crippen LogP) is 2.10. The Morgan fingerprint density at radius 2 is 1.95 bits per heavy atom. The van der Waals surface area contributed by atoms with Crippen LogP contribution < -0.4 is 10.4 Å². The lowest BCUT2D eigenvalue weighted by molar-refractivity contribution is 0.297. The summed E-state index contributed by atoms with van der Waals surface area (Å²) in [4.78, 5) is 12.0. The van der Waals surface area contributed by atoms with Crippen molar-refractivity contribution in [1.29, 1.82) is 0 Å². The van der Waals surface area contributed by atoms with Crippen molar-refractivity contribution in [2.45, 2.75) is 13.0 Å². The molecule has 0 fully saturated rings. The van der Waals surface area contributed by atoms with Crippen LogP contribution in [0.3, 0.4) is 0 Å². The highest BCUT2D eigenvalue weighted by Crippen LogP contribution is 2.11. The lowest BCUT2D eigenvalue weighted by Gasteiger charge is -2.05. The van der Waals surface area contributed by atoms with Crippen molar-refractivity contribution in [3.63, 3.8) is 0 Å². The standard InChI is InChI=1S/C15H14FN3O2/c16-12-5-7-13(8-6-12)21-11-3-10-19-15(20)18-9-2-1-4-14(18)17-19/h1-2,4-9H,3,10-11H2. The van der Waals surface area contributed by atoms with Crippen molar-refractivity contribution < 1.29 is 9.13 Å². The van der Waals surface area contributed by atoms with E-state index in [2.05, 4.69) is 5.10 Å². The molecule has 3 rings (SSSR count). The molecule has 2 aromatic heterocycles. The van der Waals surface area contributed by atoms with E-state index in [0.717, 1.165) is 0 Å². The van der Waals surface area contributed by atoms with Crippen molar-refractivity contribution in [3.8, 4) is 5.75 Å². The number of halogens is 1. The van der Waals surface area contributed by atoms with Crippen molar-refractivity contribution in [1.82, 2.24) is 14.2 Å². The van der Waals surface area contributed by atoms with E-state index in [-0.39, 0.29) is 11.5 Å². The maximum atomic E-state index is 12.7. The second-order valence-electron chi connectivity index (χ2n) is 4.59. The van der Waals surface area contributed by atoms with Crippen LogP contribution in [0.2, 0.25) is 0 Å². The highest BCUT2D eigenvalue weighted by molar-refractivity contribution is 5.35. The fraction of sp³-hybridized carbons (Fsp3) is 0.200. The Kier molecular flexibility index (Phi) is 3.68. The Morgan fingerprint density at radius 3 is 2.71 bits per heavy atom. The first kappa shape index (κ1) is 13.4. The number of hydrogen-bond acceptors (Lipinski definition) is 3. The molecule has 108 valence electrons. The van der Waals surface area contributed by atoms with Crippen LogP contribution in [0.1, 0.15) is 6.42 Å². The number of hydrogen-bond donors (Lipinski definition) is 0. The summed E-state index contributed by atoms with van der Waals surface area (Å²) in [5, 5.41) is 4.23. The Balaban J connectivity index is 1.58. The van der Waals surface area contributed by atoms with Gasteiger partial charge < -0.3 is 4.74 Å². The number of fused-ring (bicyclic) bond motifs is 1. The number of aromatic nitrogens is 3. The zero-order valence-electron chi connectivity index (χ0n) is 11.3. The molecule has 0 spiro atoms. The molecule has 21 heavy (non-hydrogen) atoms. The van der Waals surface area contributed by atoms with Gasteiger partial charge >= 0.3 is 5.69 Å². The number of ether oxygens (including phenoxy) is 1. The molecule has 0 atom stereocenters. The lowest BCUT2D eigenvalue weighted by Crippen LogP contribution is -2.22. The summed E-state index contributed by atoms with van der Waals surface area (Å²) in [7, 11) is 0. The molecule has 0 bridgehead atoms. The Morgan fingerprint density at radius 1 is 1.14 bits per heavy atom. The molecular weight excluding hydrogens is 273 g/mol. The van der Waals surface area contributed by atoms with Crippen LogP contribution in [-0.2, 0) is 6.54 Å². The fourth-order valence-electron chi connectivity index (χ4n) is 2.05. The van der Waals surface area contributed by atoms with Gasteiger partial charge in [0.25, 0.3) is 0 Å². The molecule has 6 heteroatoms. The molecule has 0 aliphatic rings. The molecule has 0 saturated carbocycles. The summed E-state index contributed by atoms with van der Waals surface area (Å²) in [5.74, 6) is 0.317. The van der Waals surface area contributed by atoms with Crippen LogP contribution in [0.4, 0.5) is 4.39 Å². The summed E-state index contributed by atoms with van der Waals surface area (Å²) >= 11 is 0. The summed E-state index contributed by atoms with van der Waals surface area (Å²) in [6.45, 7) is 0.910. The second-order valence-corrected chi connectivity index (χ2v) is 4.59. The minimum Gasteiger partial charge on any atom is -0.494 e. The van der Waals surface area contributed by atoms with Gasteiger partial charge in [-0.3, -0.25) is 4.40 Å². The van der Waals surface area contributed by atoms with Crippen LogP contribution in [0.25, 0.3) is 5.65 Å². The van der Waals surface area contributed by atoms with Crippen molar-refractivity contribution in [2.24, 2.45) is 0 Å². The van der Waals surface area contributed by atoms with Gasteiger partial charge in [-0.1, -0.05) is 6.07 Å². The number of pyridine rings is 1. The molecule has 2 heterocycles. The number of benzene rings is 1. The number of aryl methyl sites for hydroxylation is 1. The van der Waals surface area contributed by atoms with E-state index in [4.69, 9.17) is 4.74 Å². The normalized spacial score (nSPS) is 10.9. The van der Waals surface area contributed by atoms with Gasteiger partial charge in [0, 0.05) is 19.2 Å². The van der Waals surface area contributed by atoms with Crippen LogP contribution in [0.5, 0.6) is 5.75 Å². The lowest BCUT2D eigenvalue weighted by atomic mass is 10.3. The maximum Gasteiger partial charge on any atom is 0.350 e. The molecule has 3 aromatic rings. The van der Waals surface area contributed by atoms with E-state index in [1.54, 1.807) is 30.5 Å². The SMILES string of the molecule is O=c1n(CCCOc2ccc(F)cc2)nc2ccccn12. The largest absolute Gasteiger partial charge is 0.494 e. The summed E-state index contributed by atoms with van der Waals surface area (Å²) < 4.78 is 21.1. The topological polar surface area (TPSA) is 48.5 Å². The van der Waals surface area contributed by atoms with Gasteiger partial charge in [0.15, 0.2) is 5.65 Å². The summed E-state index contributed by atoms with van der Waals surface area (Å²) in [5.41, 5.74) is 0.467. The fourth-order valence-corrected chi connectivity index (χ4v) is 2.05. The summed E-state index contributed by atoms with van der Waals surface area (Å²) in [6, 6.07) is 11.3. The average molecular weight is 287 g/mol. The molecule has 5 nitrogen and oxygen atoms in total. The Bertz CT molecular complexity index is 793. The van der Waals surface area contributed by atoms with Gasteiger partial charge in [0.05, 0.1) is 6.61 Å². The quantitative estimate of drug-likeness (QED) is 0.675. The third-order valence-corrected chi connectivity index (χ3v) is 3.09. The van der Waals surface area contributed by atoms with Crippen molar-refractivity contribution in [3.05, 3.63) is 65.0 Å². The first-order chi connectivity index (χ1) is 10.2. The molecule has 0 amide bonds. The Hall–Kier alpha value is -2.63. The third-order valence-electron chi connectivity index (χ3n) is 3.09. The molecule has 0 aliphatic carbocycles. The zero-order valence-corrected chi connectivity index (χ0v) is 11.3. The molecule has 1 aromatic carbocycles. The van der Waals surface area contributed by atoms with Crippen LogP contribution in [0, 0.1) is 5.82 Å². The first-order valence-corrected chi connectivity index (χ1v) is 6.66. The zero-order chi connectivity index (χ0) is 14.7. The first-order valence-electron chi connectivity index (χ1n) is 6.66. The van der Waals surface area contributed by atoms with Gasteiger partial charge in [0.1, 0.15) is 11.6 Å². The van der Waals surface area contributed by atoms with Gasteiger partial charge in [-0.2, -0.15) is 0 Å². The van der Waals surface area contributed by atoms with Gasteiger partial charge in [-0.15, -0.1) is 5.10 Å². The Labute approximate surface area is 120 Å². The van der Waals surface area contributed by atoms with E-state index < -0.39 is 0 Å². The van der Waals surface area contributed by atoms with E-state index in [1.807, 2.05) is 6.07 Å². The van der Waals surface area contributed by atoms with Crippen LogP contribution in [0.15, 0.2) is 53.5 Å². The second kappa shape index (κ2) is 5.78. The van der Waals surface area contributed by atoms with Gasteiger partial charge in [-0.05, 0) is 36.4 Å². The summed E-state index contributed by atoms with van der Waals surface area (Å²) in [6.07, 6.45) is 2.33. The molecule has 0 radical (unpaired) electrons. The molecular formula is C15H14FN3O2. The average Bonchev–Trinajstić information content (AvgIpc) is 2.82. The molecule has 0 saturated heterocycles. The minimum atomic E-state index is -0.293. The van der Waals surface area contributed by atoms with Crippen molar-refractivity contribution >= 4 is 5.65 Å². The minimum absolute atomic E-state index is 0.160. The monoisotopic (exact) mass is 287 g/mol. The van der Waals surface area contributed by atoms with E-state index in [0.29, 0.717) is 31.0 Å². The highest BCUT2D eigenvalue weighted by atomic mass is 19.1. The van der Waals surface area contributed by atoms with Crippen molar-refractivity contribution in [2.75, 3.05) is 6.61 Å². The number of nitrogens with zero attached hydrogens (tertiary/aromatic N) is 3. The maximum absolute atomic E-state index is 12.7. The molecule has 0 N–H and O–H groups in total. The predicted molar refractivity (Wildman–Crippen MR) is 76.0 cm³/mol. The van der Waals surface area contributed by atoms with E-state index >= 15 is 0 Å². The number of rotatable bonds is 5. The van der Waals surface area contributed by atoms with Crippen LogP contribution >= 0.6 is 0 Å². The molecule has 0 aliphatic heterocycles. The highest BCUT2D eigenvalue weighted by Gasteiger charge is 2.05. The van der Waals surface area contributed by atoms with Gasteiger partial charge in [0.2, 0.25) is 0 Å². The van der Waals surface area contributed by atoms with Crippen LogP contribution in [-0.4, -0.2) is 20.8 Å². The third kappa shape index (κ3) is 2.94. The van der Waals surface area contributed by atoms with E-state index in [9.17, 15) is 9.18 Å². The smallest absolute Gasteiger partial charge is 0.350 e. The molecule has 0 unspecified atom stereocenters. The van der Waals surface area contributed by atoms with E-state index in [1.165, 1.54) is 21.2 Å². The van der Waals surface area contributed by atoms with Gasteiger partial charge in [-0.25, -0.2) is 13.9 Å².